The molecular formula is C37H50N2O7S2. The molecule has 0 aromatic heterocycles. The highest BCUT2D eigenvalue weighted by molar-refractivity contribution is 8.76. The minimum absolute atomic E-state index is 0.0292. The first kappa shape index (κ1) is 42.1. The number of hydrogen-bond acceptors (Lipinski definition) is 9. The lowest BCUT2D eigenvalue weighted by atomic mass is 10.2. The molecule has 48 heavy (non-hydrogen) atoms. The van der Waals surface area contributed by atoms with Crippen molar-refractivity contribution in [1.29, 1.82) is 0 Å². The van der Waals surface area contributed by atoms with E-state index in [1.165, 1.54) is 47.9 Å². The highest BCUT2D eigenvalue weighted by Crippen LogP contribution is 2.24. The second-order valence-electron chi connectivity index (χ2n) is 10.2. The molecule has 1 aromatic carbocycles. The smallest absolute Gasteiger partial charge is 0.329 e. The van der Waals surface area contributed by atoms with Gasteiger partial charge in [0.05, 0.1) is 19.8 Å². The van der Waals surface area contributed by atoms with Gasteiger partial charge >= 0.3 is 11.9 Å². The molecule has 1 rings (SSSR count). The Morgan fingerprint density at radius 1 is 0.688 bits per heavy atom. The molecule has 0 aliphatic heterocycles. The van der Waals surface area contributed by atoms with Gasteiger partial charge in [0.25, 0.3) is 5.91 Å². The van der Waals surface area contributed by atoms with Gasteiger partial charge in [-0.3, -0.25) is 9.59 Å². The van der Waals surface area contributed by atoms with E-state index in [1.807, 2.05) is 12.2 Å². The number of allylic oxidation sites excluding steroid dienone is 12. The van der Waals surface area contributed by atoms with Crippen LogP contribution < -0.4 is 10.6 Å². The third-order valence-electron chi connectivity index (χ3n) is 6.45. The highest BCUT2D eigenvalue weighted by Gasteiger charge is 2.25. The van der Waals surface area contributed by atoms with E-state index in [4.69, 9.17) is 9.47 Å². The number of phenolic OH excluding ortho intramolecular Hbond substituents is 1. The van der Waals surface area contributed by atoms with E-state index in [1.54, 1.807) is 12.1 Å². The van der Waals surface area contributed by atoms with Gasteiger partial charge < -0.3 is 25.2 Å². The van der Waals surface area contributed by atoms with Crippen LogP contribution in [-0.2, 0) is 23.9 Å². The maximum atomic E-state index is 12.5. The van der Waals surface area contributed by atoms with Crippen LogP contribution in [0.25, 0.3) is 0 Å². The zero-order chi connectivity index (χ0) is 35.2. The number of carbonyl (C=O) groups excluding carboxylic acids is 4. The highest BCUT2D eigenvalue weighted by atomic mass is 33.1. The van der Waals surface area contributed by atoms with Crippen molar-refractivity contribution in [2.24, 2.45) is 0 Å². The number of nitrogens with one attached hydrogen (secondary N) is 2. The van der Waals surface area contributed by atoms with Gasteiger partial charge in [-0.2, -0.15) is 0 Å². The van der Waals surface area contributed by atoms with Crippen LogP contribution in [0.15, 0.2) is 97.2 Å². The molecule has 0 saturated carbocycles. The molecule has 0 aliphatic carbocycles. The van der Waals surface area contributed by atoms with Crippen LogP contribution >= 0.6 is 21.6 Å². The molecule has 9 nitrogen and oxygen atoms in total. The molecule has 0 fully saturated rings. The van der Waals surface area contributed by atoms with Gasteiger partial charge in [-0.25, -0.2) is 9.59 Å². The average molecular weight is 699 g/mol. The predicted octanol–water partition coefficient (Wildman–Crippen LogP) is 7.18. The largest absolute Gasteiger partial charge is 0.507 e. The van der Waals surface area contributed by atoms with Gasteiger partial charge in [-0.05, 0) is 57.1 Å². The minimum Gasteiger partial charge on any atom is -0.507 e. The first-order chi connectivity index (χ1) is 23.3. The van der Waals surface area contributed by atoms with E-state index >= 15 is 0 Å². The summed E-state index contributed by atoms with van der Waals surface area (Å²) in [4.78, 5) is 49.5. The van der Waals surface area contributed by atoms with Gasteiger partial charge in [0, 0.05) is 17.9 Å². The number of phenols is 1. The van der Waals surface area contributed by atoms with Crippen LogP contribution in [0.5, 0.6) is 5.75 Å². The first-order valence-electron chi connectivity index (χ1n) is 16.0. The number of carbonyl (C=O) groups is 4. The van der Waals surface area contributed by atoms with Crippen molar-refractivity contribution >= 4 is 45.3 Å². The normalized spacial score (nSPS) is 13.2. The molecule has 262 valence electrons. The monoisotopic (exact) mass is 698 g/mol. The third-order valence-corrected chi connectivity index (χ3v) is 8.87. The Hall–Kier alpha value is -3.96. The number of esters is 2. The summed E-state index contributed by atoms with van der Waals surface area (Å²) < 4.78 is 9.63. The number of rotatable bonds is 24. The fraction of sp³-hybridized carbons (Fsp3) is 0.405. The zero-order valence-electron chi connectivity index (χ0n) is 28.2. The van der Waals surface area contributed by atoms with E-state index < -0.39 is 29.9 Å². The van der Waals surface area contributed by atoms with Crippen LogP contribution in [-0.4, -0.2) is 66.7 Å². The number of para-hydroxylation sites is 1. The Morgan fingerprint density at radius 3 is 1.58 bits per heavy atom. The van der Waals surface area contributed by atoms with E-state index in [2.05, 4.69) is 78.3 Å². The number of benzene rings is 1. The van der Waals surface area contributed by atoms with Crippen LogP contribution in [0.4, 0.5) is 0 Å². The molecule has 1 aromatic rings. The predicted molar refractivity (Wildman–Crippen MR) is 198 cm³/mol. The van der Waals surface area contributed by atoms with E-state index in [0.717, 1.165) is 38.5 Å². The Bertz CT molecular complexity index is 1290. The van der Waals surface area contributed by atoms with Crippen LogP contribution in [0, 0.1) is 0 Å². The molecule has 2 atom stereocenters. The van der Waals surface area contributed by atoms with Crippen molar-refractivity contribution in [2.75, 3.05) is 25.7 Å². The lowest BCUT2D eigenvalue weighted by Gasteiger charge is -2.18. The van der Waals surface area contributed by atoms with Crippen molar-refractivity contribution in [3.05, 3.63) is 103 Å². The molecule has 0 heterocycles. The lowest BCUT2D eigenvalue weighted by molar-refractivity contribution is -0.144. The average Bonchev–Trinajstić information content (AvgIpc) is 3.09. The molecule has 0 aliphatic rings. The van der Waals surface area contributed by atoms with Crippen molar-refractivity contribution in [1.82, 2.24) is 10.6 Å². The molecule has 2 amide bonds. The van der Waals surface area contributed by atoms with Crippen molar-refractivity contribution < 1.29 is 33.8 Å². The molecule has 0 bridgehead atoms. The maximum absolute atomic E-state index is 12.5. The Balaban J connectivity index is 2.33. The van der Waals surface area contributed by atoms with E-state index in [0.29, 0.717) is 6.42 Å². The topological polar surface area (TPSA) is 131 Å². The summed E-state index contributed by atoms with van der Waals surface area (Å²) in [6.45, 7) is 2.13. The summed E-state index contributed by atoms with van der Waals surface area (Å²) in [5.41, 5.74) is 0.0292. The molecule has 3 N–H and O–H groups in total. The molecule has 0 spiro atoms. The van der Waals surface area contributed by atoms with Gasteiger partial charge in [-0.1, -0.05) is 114 Å². The van der Waals surface area contributed by atoms with E-state index in [-0.39, 0.29) is 35.1 Å². The summed E-state index contributed by atoms with van der Waals surface area (Å²) in [7, 11) is 4.92. The summed E-state index contributed by atoms with van der Waals surface area (Å²) in [6, 6.07) is 4.12. The SMILES string of the molecule is CC/C=C\C/C=C\C/C=C\C/C=C\C/C=C\C/C=C\CCC(=O)N[C@@H](CSSC[C@H](NC(=O)c1ccccc1O)C(=O)OC)C(=O)OC. The van der Waals surface area contributed by atoms with Gasteiger partial charge in [0.15, 0.2) is 0 Å². The summed E-state index contributed by atoms with van der Waals surface area (Å²) in [6.07, 6.45) is 31.8. The molecule has 0 unspecified atom stereocenters. The first-order valence-corrected chi connectivity index (χ1v) is 18.5. The van der Waals surface area contributed by atoms with Crippen LogP contribution in [0.2, 0.25) is 0 Å². The van der Waals surface area contributed by atoms with E-state index in [9.17, 15) is 24.3 Å². The van der Waals surface area contributed by atoms with Crippen molar-refractivity contribution in [2.45, 2.75) is 70.4 Å². The Morgan fingerprint density at radius 2 is 1.12 bits per heavy atom. The number of aromatic hydroxyl groups is 1. The van der Waals surface area contributed by atoms with Crippen LogP contribution in [0.3, 0.4) is 0 Å². The Labute approximate surface area is 293 Å². The summed E-state index contributed by atoms with van der Waals surface area (Å²) in [5, 5.41) is 15.2. The second-order valence-corrected chi connectivity index (χ2v) is 12.8. The molecular weight excluding hydrogens is 649 g/mol. The van der Waals surface area contributed by atoms with Crippen molar-refractivity contribution in [3.8, 4) is 5.75 Å². The number of methoxy groups -OCH3 is 2. The van der Waals surface area contributed by atoms with Gasteiger partial charge in [-0.15, -0.1) is 0 Å². The fourth-order valence-corrected chi connectivity index (χ4v) is 6.17. The minimum atomic E-state index is -0.993. The Kier molecular flexibility index (Phi) is 24.6. The van der Waals surface area contributed by atoms with Gasteiger partial charge in [0.1, 0.15) is 17.8 Å². The number of hydrogen-bond donors (Lipinski definition) is 3. The number of ether oxygens (including phenoxy) is 2. The maximum Gasteiger partial charge on any atom is 0.329 e. The molecule has 0 radical (unpaired) electrons. The zero-order valence-corrected chi connectivity index (χ0v) is 29.8. The summed E-state index contributed by atoms with van der Waals surface area (Å²) in [5.74, 6) is -2.04. The van der Waals surface area contributed by atoms with Gasteiger partial charge in [0.2, 0.25) is 5.91 Å². The second kappa shape index (κ2) is 28.1. The third kappa shape index (κ3) is 20.3. The quantitative estimate of drug-likeness (QED) is 0.0445. The summed E-state index contributed by atoms with van der Waals surface area (Å²) >= 11 is 0. The molecule has 11 heteroatoms. The van der Waals surface area contributed by atoms with Crippen molar-refractivity contribution in [3.63, 3.8) is 0 Å². The standard InChI is InChI=1S/C37H50N2O7S2/c1-4-5-6-7-8-9-10-11-12-13-14-15-16-17-18-19-20-21-22-27-34(41)38-31(36(43)45-2)28-47-48-29-32(37(44)46-3)39-35(42)30-25-23-24-26-33(30)40/h5-6,8-9,11-12,14-15,17-18,20-21,23-26,31-32,40H,4,7,10,13,16,19,22,27-29H2,1-3H3,(H,38,41)(H,39,42)/b6-5-,9-8-,12-11-,15-14-,18-17-,21-20-/t31-,32-/m0/s1. The molecule has 0 saturated heterocycles. The van der Waals surface area contributed by atoms with Crippen LogP contribution in [0.1, 0.15) is 68.6 Å². The number of amides is 2. The fourth-order valence-electron chi connectivity index (χ4n) is 3.88. The lowest BCUT2D eigenvalue weighted by Crippen LogP contribution is -2.44.